The van der Waals surface area contributed by atoms with Gasteiger partial charge in [-0.2, -0.15) is 5.10 Å². The number of aryl methyl sites for hydroxylation is 1. The molecule has 10 nitrogen and oxygen atoms in total. The number of rotatable bonds is 5. The number of anilines is 1. The molecule has 4 heterocycles. The maximum Gasteiger partial charge on any atom is 0.264 e. The van der Waals surface area contributed by atoms with E-state index in [-0.39, 0.29) is 24.4 Å². The molecule has 0 spiro atoms. The monoisotopic (exact) mass is 430 g/mol. The third-order valence-corrected chi connectivity index (χ3v) is 5.59. The van der Waals surface area contributed by atoms with Crippen LogP contribution in [0.1, 0.15) is 6.42 Å². The van der Waals surface area contributed by atoms with Crippen molar-refractivity contribution in [3.8, 4) is 5.69 Å². The molecule has 1 saturated heterocycles. The van der Waals surface area contributed by atoms with Crippen molar-refractivity contribution in [1.29, 1.82) is 0 Å². The predicted octanol–water partition coefficient (Wildman–Crippen LogP) is 1.11. The minimum atomic E-state index is -0.198. The van der Waals surface area contributed by atoms with Crippen LogP contribution in [-0.4, -0.2) is 66.3 Å². The molecule has 0 saturated carbocycles. The van der Waals surface area contributed by atoms with Crippen molar-refractivity contribution in [2.75, 3.05) is 31.1 Å². The van der Waals surface area contributed by atoms with Crippen LogP contribution in [0.25, 0.3) is 16.7 Å². The molecule has 1 aromatic carbocycles. The van der Waals surface area contributed by atoms with Gasteiger partial charge >= 0.3 is 0 Å². The molecule has 1 aliphatic heterocycles. The van der Waals surface area contributed by atoms with Crippen molar-refractivity contribution in [2.45, 2.75) is 13.0 Å². The number of hydrogen-bond donors (Lipinski definition) is 0. The lowest BCUT2D eigenvalue weighted by molar-refractivity contribution is -0.131. The van der Waals surface area contributed by atoms with Crippen LogP contribution in [0.3, 0.4) is 0 Å². The molecule has 1 fully saturated rings. The Morgan fingerprint density at radius 1 is 0.938 bits per heavy atom. The Kier molecular flexibility index (Phi) is 5.32. The molecule has 1 amide bonds. The van der Waals surface area contributed by atoms with Crippen molar-refractivity contribution < 1.29 is 4.79 Å². The van der Waals surface area contributed by atoms with E-state index >= 15 is 0 Å². The van der Waals surface area contributed by atoms with Gasteiger partial charge in [0.25, 0.3) is 5.56 Å². The number of para-hydroxylation sites is 1. The molecule has 0 N–H and O–H groups in total. The highest BCUT2D eigenvalue weighted by Gasteiger charge is 2.22. The van der Waals surface area contributed by atoms with Crippen LogP contribution < -0.4 is 10.5 Å². The highest BCUT2D eigenvalue weighted by Crippen LogP contribution is 2.14. The summed E-state index contributed by atoms with van der Waals surface area (Å²) in [6, 6.07) is 11.3. The summed E-state index contributed by atoms with van der Waals surface area (Å²) in [6.07, 6.45) is 6.68. The molecule has 32 heavy (non-hydrogen) atoms. The first kappa shape index (κ1) is 19.9. The van der Waals surface area contributed by atoms with E-state index in [1.54, 1.807) is 23.1 Å². The third-order valence-electron chi connectivity index (χ3n) is 5.59. The van der Waals surface area contributed by atoms with Crippen molar-refractivity contribution >= 4 is 22.9 Å². The average molecular weight is 430 g/mol. The molecule has 3 aromatic heterocycles. The van der Waals surface area contributed by atoms with E-state index in [9.17, 15) is 9.59 Å². The van der Waals surface area contributed by atoms with Crippen molar-refractivity contribution in [3.05, 3.63) is 71.7 Å². The molecule has 10 heteroatoms. The summed E-state index contributed by atoms with van der Waals surface area (Å²) < 4.78 is 3.12. The molecule has 0 aliphatic carbocycles. The Hall–Kier alpha value is -4.08. The van der Waals surface area contributed by atoms with Crippen LogP contribution in [0, 0.1) is 0 Å². The molecule has 5 rings (SSSR count). The SMILES string of the molecule is O=C(CCn1cnc2c(cnn2-c2ccccc2)c1=O)N1CCN(c2ncccn2)CC1. The number of carbonyl (C=O) groups is 1. The van der Waals surface area contributed by atoms with Gasteiger partial charge < -0.3 is 9.80 Å². The van der Waals surface area contributed by atoms with Gasteiger partial charge in [-0.15, -0.1) is 0 Å². The van der Waals surface area contributed by atoms with Gasteiger partial charge in [0.1, 0.15) is 5.39 Å². The molecule has 0 radical (unpaired) electrons. The number of piperazine rings is 1. The summed E-state index contributed by atoms with van der Waals surface area (Å²) in [5, 5.41) is 4.75. The topological polar surface area (TPSA) is 102 Å². The van der Waals surface area contributed by atoms with Gasteiger partial charge in [0, 0.05) is 51.5 Å². The molecule has 0 bridgehead atoms. The highest BCUT2D eigenvalue weighted by molar-refractivity contribution is 5.77. The van der Waals surface area contributed by atoms with Crippen LogP contribution in [0.4, 0.5) is 5.95 Å². The lowest BCUT2D eigenvalue weighted by atomic mass is 10.2. The fourth-order valence-electron chi connectivity index (χ4n) is 3.85. The molecule has 1 aliphatic rings. The van der Waals surface area contributed by atoms with Crippen LogP contribution in [0.2, 0.25) is 0 Å². The molecule has 162 valence electrons. The Bertz CT molecular complexity index is 1280. The molecule has 0 atom stereocenters. The number of aromatic nitrogens is 6. The largest absolute Gasteiger partial charge is 0.339 e. The fraction of sp³-hybridized carbons (Fsp3) is 0.273. The Balaban J connectivity index is 1.23. The summed E-state index contributed by atoms with van der Waals surface area (Å²) in [5.74, 6) is 0.701. The zero-order valence-electron chi connectivity index (χ0n) is 17.4. The fourth-order valence-corrected chi connectivity index (χ4v) is 3.85. The highest BCUT2D eigenvalue weighted by atomic mass is 16.2. The van der Waals surface area contributed by atoms with Gasteiger partial charge in [0.05, 0.1) is 18.2 Å². The summed E-state index contributed by atoms with van der Waals surface area (Å²) in [7, 11) is 0. The van der Waals surface area contributed by atoms with E-state index in [4.69, 9.17) is 0 Å². The smallest absolute Gasteiger partial charge is 0.264 e. The van der Waals surface area contributed by atoms with Crippen LogP contribution in [0.15, 0.2) is 66.1 Å². The summed E-state index contributed by atoms with van der Waals surface area (Å²) in [5.41, 5.74) is 1.14. The van der Waals surface area contributed by atoms with Gasteiger partial charge in [-0.25, -0.2) is 19.6 Å². The Morgan fingerprint density at radius 2 is 1.69 bits per heavy atom. The van der Waals surface area contributed by atoms with Gasteiger partial charge in [0.2, 0.25) is 11.9 Å². The first-order valence-corrected chi connectivity index (χ1v) is 10.5. The maximum atomic E-state index is 12.9. The number of amides is 1. The summed E-state index contributed by atoms with van der Waals surface area (Å²) in [4.78, 5) is 42.4. The van der Waals surface area contributed by atoms with Gasteiger partial charge in [-0.1, -0.05) is 18.2 Å². The second-order valence-electron chi connectivity index (χ2n) is 7.54. The molecular weight excluding hydrogens is 408 g/mol. The van der Waals surface area contributed by atoms with E-state index in [0.717, 1.165) is 5.69 Å². The quantitative estimate of drug-likeness (QED) is 0.467. The van der Waals surface area contributed by atoms with Crippen molar-refractivity contribution in [3.63, 3.8) is 0 Å². The number of hydrogen-bond acceptors (Lipinski definition) is 7. The number of nitrogens with zero attached hydrogens (tertiary/aromatic N) is 8. The summed E-state index contributed by atoms with van der Waals surface area (Å²) >= 11 is 0. The van der Waals surface area contributed by atoms with Crippen molar-refractivity contribution in [2.24, 2.45) is 0 Å². The first-order valence-electron chi connectivity index (χ1n) is 10.5. The van der Waals surface area contributed by atoms with Gasteiger partial charge in [0.15, 0.2) is 5.65 Å². The minimum absolute atomic E-state index is 0.0191. The second kappa shape index (κ2) is 8.58. The average Bonchev–Trinajstić information content (AvgIpc) is 3.30. The van der Waals surface area contributed by atoms with E-state index in [2.05, 4.69) is 25.0 Å². The van der Waals surface area contributed by atoms with Crippen LogP contribution in [-0.2, 0) is 11.3 Å². The zero-order valence-corrected chi connectivity index (χ0v) is 17.4. The molecule has 4 aromatic rings. The maximum absolute atomic E-state index is 12.9. The number of carbonyl (C=O) groups excluding carboxylic acids is 1. The molecular formula is C22H22N8O2. The Morgan fingerprint density at radius 3 is 2.44 bits per heavy atom. The third kappa shape index (κ3) is 3.82. The van der Waals surface area contributed by atoms with E-state index < -0.39 is 0 Å². The second-order valence-corrected chi connectivity index (χ2v) is 7.54. The normalized spacial score (nSPS) is 14.1. The standard InChI is InChI=1S/C22H22N8O2/c31-19(27-11-13-28(14-12-27)22-23-8-4-9-24-22)7-10-29-16-25-20-18(21(29)32)15-26-30(20)17-5-2-1-3-6-17/h1-6,8-9,15-16H,7,10-14H2. The van der Waals surface area contributed by atoms with Crippen LogP contribution >= 0.6 is 0 Å². The lowest BCUT2D eigenvalue weighted by Gasteiger charge is -2.34. The number of benzene rings is 1. The van der Waals surface area contributed by atoms with E-state index in [0.29, 0.717) is 43.2 Å². The first-order chi connectivity index (χ1) is 15.7. The van der Waals surface area contributed by atoms with E-state index in [1.807, 2.05) is 35.2 Å². The minimum Gasteiger partial charge on any atom is -0.339 e. The molecule has 0 unspecified atom stereocenters. The Labute approximate surface area is 183 Å². The predicted molar refractivity (Wildman–Crippen MR) is 119 cm³/mol. The zero-order chi connectivity index (χ0) is 21.9. The van der Waals surface area contributed by atoms with E-state index in [1.165, 1.54) is 17.1 Å². The van der Waals surface area contributed by atoms with Crippen molar-refractivity contribution in [1.82, 2.24) is 34.2 Å². The van der Waals surface area contributed by atoms with Gasteiger partial charge in [-0.05, 0) is 18.2 Å². The van der Waals surface area contributed by atoms with Crippen LogP contribution in [0.5, 0.6) is 0 Å². The number of fused-ring (bicyclic) bond motifs is 1. The van der Waals surface area contributed by atoms with Gasteiger partial charge in [-0.3, -0.25) is 14.2 Å². The summed E-state index contributed by atoms with van der Waals surface area (Å²) in [6.45, 7) is 2.85. The lowest BCUT2D eigenvalue weighted by Crippen LogP contribution is -2.49.